The molecule has 0 bridgehead atoms. The quantitative estimate of drug-likeness (QED) is 0.130. The summed E-state index contributed by atoms with van der Waals surface area (Å²) in [5.41, 5.74) is 0. The van der Waals surface area contributed by atoms with E-state index in [-0.39, 0.29) is 11.9 Å². The first kappa shape index (κ1) is 26.6. The van der Waals surface area contributed by atoms with E-state index in [4.69, 9.17) is 9.47 Å². The van der Waals surface area contributed by atoms with Crippen molar-refractivity contribution in [1.82, 2.24) is 0 Å². The highest BCUT2D eigenvalue weighted by Crippen LogP contribution is 2.16. The summed E-state index contributed by atoms with van der Waals surface area (Å²) in [4.78, 5) is 11.9. The zero-order valence-electron chi connectivity index (χ0n) is 19.1. The summed E-state index contributed by atoms with van der Waals surface area (Å²) in [6.45, 7) is 10.6. The molecule has 0 saturated heterocycles. The predicted octanol–water partition coefficient (Wildman–Crippen LogP) is 7.22. The summed E-state index contributed by atoms with van der Waals surface area (Å²) in [5, 5.41) is 0. The number of carbonyl (C=O) groups excluding carboxylic acids is 1. The van der Waals surface area contributed by atoms with Crippen LogP contribution in [0.25, 0.3) is 0 Å². The van der Waals surface area contributed by atoms with Gasteiger partial charge in [0, 0.05) is 14.7 Å². The summed E-state index contributed by atoms with van der Waals surface area (Å²) in [5.74, 6) is -0.189. The number of methoxy groups -OCH3 is 1. The molecule has 1 unspecified atom stereocenters. The van der Waals surface area contributed by atoms with E-state index < -0.39 is 8.07 Å². The Morgan fingerprint density at radius 3 is 1.74 bits per heavy atom. The smallest absolute Gasteiger partial charge is 0.311 e. The summed E-state index contributed by atoms with van der Waals surface area (Å²) in [7, 11) is 0.421. The topological polar surface area (TPSA) is 35.5 Å². The number of hydrogen-bond donors (Lipinski definition) is 0. The maximum absolute atomic E-state index is 11.9. The number of hydrogen-bond acceptors (Lipinski definition) is 3. The molecule has 0 saturated carbocycles. The predicted molar refractivity (Wildman–Crippen MR) is 120 cm³/mol. The Hall–Kier alpha value is -0.353. The minimum absolute atomic E-state index is 0.0836. The molecule has 4 heteroatoms. The third-order valence-corrected chi connectivity index (χ3v) is 6.96. The van der Waals surface area contributed by atoms with E-state index in [0.717, 1.165) is 25.5 Å². The molecule has 162 valence electrons. The van der Waals surface area contributed by atoms with Crippen LogP contribution in [0.1, 0.15) is 90.4 Å². The van der Waals surface area contributed by atoms with Gasteiger partial charge in [0.2, 0.25) is 0 Å². The van der Waals surface area contributed by atoms with Crippen LogP contribution in [0.3, 0.4) is 0 Å². The normalized spacial score (nSPS) is 12.9. The van der Waals surface area contributed by atoms with Crippen LogP contribution >= 0.6 is 0 Å². The maximum Gasteiger partial charge on any atom is 0.311 e. The van der Waals surface area contributed by atoms with Crippen molar-refractivity contribution in [1.29, 1.82) is 0 Å². The molecule has 1 atom stereocenters. The maximum atomic E-state index is 11.9. The first-order valence-corrected chi connectivity index (χ1v) is 15.3. The van der Waals surface area contributed by atoms with Gasteiger partial charge in [-0.15, -0.1) is 0 Å². The van der Waals surface area contributed by atoms with Gasteiger partial charge in [-0.05, 0) is 12.5 Å². The Labute approximate surface area is 171 Å². The molecule has 0 aliphatic heterocycles. The van der Waals surface area contributed by atoms with Crippen molar-refractivity contribution in [3.05, 3.63) is 0 Å². The zero-order valence-corrected chi connectivity index (χ0v) is 20.1. The second-order valence-electron chi connectivity index (χ2n) is 9.28. The molecular weight excluding hydrogens is 352 g/mol. The lowest BCUT2D eigenvalue weighted by Gasteiger charge is -2.18. The molecule has 0 aromatic carbocycles. The average Bonchev–Trinajstić information content (AvgIpc) is 2.62. The van der Waals surface area contributed by atoms with Crippen LogP contribution in [0.5, 0.6) is 0 Å². The molecule has 0 N–H and O–H groups in total. The SMILES string of the molecule is CCCCCCCCCCCCCCC(COCC[Si](C)(C)C)C(=O)OC. The van der Waals surface area contributed by atoms with Crippen molar-refractivity contribution in [2.24, 2.45) is 5.92 Å². The van der Waals surface area contributed by atoms with Crippen LogP contribution in [0.2, 0.25) is 25.7 Å². The largest absolute Gasteiger partial charge is 0.469 e. The first-order chi connectivity index (χ1) is 12.9. The van der Waals surface area contributed by atoms with E-state index in [0.29, 0.717) is 6.61 Å². The van der Waals surface area contributed by atoms with Crippen LogP contribution in [-0.4, -0.2) is 34.4 Å². The molecule has 0 heterocycles. The standard InChI is InChI=1S/C23H48O3Si/c1-6-7-8-9-10-11-12-13-14-15-16-17-18-22(23(24)25-2)21-26-19-20-27(3,4)5/h22H,6-21H2,1-5H3. The Morgan fingerprint density at radius 1 is 0.815 bits per heavy atom. The third kappa shape index (κ3) is 18.8. The zero-order chi connectivity index (χ0) is 20.4. The fourth-order valence-corrected chi connectivity index (χ4v) is 4.03. The van der Waals surface area contributed by atoms with Gasteiger partial charge in [0.15, 0.2) is 0 Å². The van der Waals surface area contributed by atoms with E-state index in [1.165, 1.54) is 77.7 Å². The summed E-state index contributed by atoms with van der Waals surface area (Å²) in [6, 6.07) is 1.15. The van der Waals surface area contributed by atoms with Gasteiger partial charge in [-0.1, -0.05) is 104 Å². The fourth-order valence-electron chi connectivity index (χ4n) is 3.27. The summed E-state index contributed by atoms with van der Waals surface area (Å²) in [6.07, 6.45) is 17.0. The van der Waals surface area contributed by atoms with Crippen LogP contribution in [0.4, 0.5) is 0 Å². The molecule has 0 aliphatic carbocycles. The molecule has 3 nitrogen and oxygen atoms in total. The Morgan fingerprint density at radius 2 is 1.30 bits per heavy atom. The minimum Gasteiger partial charge on any atom is -0.469 e. The first-order valence-electron chi connectivity index (χ1n) is 11.6. The Kier molecular flexibility index (Phi) is 17.5. The second-order valence-corrected chi connectivity index (χ2v) is 14.9. The Bertz CT molecular complexity index is 339. The molecule has 0 radical (unpaired) electrons. The highest BCUT2D eigenvalue weighted by molar-refractivity contribution is 6.76. The van der Waals surface area contributed by atoms with Gasteiger partial charge in [-0.2, -0.15) is 0 Å². The molecule has 0 aromatic rings. The van der Waals surface area contributed by atoms with Gasteiger partial charge in [-0.3, -0.25) is 4.79 Å². The van der Waals surface area contributed by atoms with Crippen molar-refractivity contribution in [3.63, 3.8) is 0 Å². The van der Waals surface area contributed by atoms with Gasteiger partial charge in [0.1, 0.15) is 0 Å². The van der Waals surface area contributed by atoms with Gasteiger partial charge >= 0.3 is 5.97 Å². The van der Waals surface area contributed by atoms with Crippen molar-refractivity contribution < 1.29 is 14.3 Å². The van der Waals surface area contributed by atoms with Crippen molar-refractivity contribution >= 4 is 14.0 Å². The Balaban J connectivity index is 3.63. The number of carbonyl (C=O) groups is 1. The van der Waals surface area contributed by atoms with E-state index in [1.807, 2.05) is 0 Å². The number of rotatable bonds is 19. The minimum atomic E-state index is -1.06. The average molecular weight is 401 g/mol. The summed E-state index contributed by atoms with van der Waals surface area (Å²) >= 11 is 0. The van der Waals surface area contributed by atoms with Gasteiger partial charge in [0.05, 0.1) is 19.6 Å². The molecule has 0 amide bonds. The van der Waals surface area contributed by atoms with Gasteiger partial charge in [-0.25, -0.2) is 0 Å². The van der Waals surface area contributed by atoms with Gasteiger partial charge < -0.3 is 9.47 Å². The number of ether oxygens (including phenoxy) is 2. The molecule has 0 aromatic heterocycles. The van der Waals surface area contributed by atoms with Crippen LogP contribution in [-0.2, 0) is 14.3 Å². The van der Waals surface area contributed by atoms with E-state index in [2.05, 4.69) is 26.6 Å². The third-order valence-electron chi connectivity index (χ3n) is 5.26. The van der Waals surface area contributed by atoms with Crippen molar-refractivity contribution in [2.45, 2.75) is 116 Å². The molecule has 0 spiro atoms. The molecule has 0 fully saturated rings. The number of unbranched alkanes of at least 4 members (excludes halogenated alkanes) is 11. The molecular formula is C23H48O3Si. The van der Waals surface area contributed by atoms with Gasteiger partial charge in [0.25, 0.3) is 0 Å². The highest BCUT2D eigenvalue weighted by atomic mass is 28.3. The highest BCUT2D eigenvalue weighted by Gasteiger charge is 2.20. The second kappa shape index (κ2) is 17.7. The lowest BCUT2D eigenvalue weighted by molar-refractivity contribution is -0.147. The molecule has 0 rings (SSSR count). The lowest BCUT2D eigenvalue weighted by atomic mass is 10.0. The number of esters is 1. The van der Waals surface area contributed by atoms with Crippen molar-refractivity contribution in [2.75, 3.05) is 20.3 Å². The van der Waals surface area contributed by atoms with Crippen molar-refractivity contribution in [3.8, 4) is 0 Å². The van der Waals surface area contributed by atoms with Crippen LogP contribution in [0.15, 0.2) is 0 Å². The lowest BCUT2D eigenvalue weighted by Crippen LogP contribution is -2.25. The van der Waals surface area contributed by atoms with Crippen LogP contribution in [0, 0.1) is 5.92 Å². The fraction of sp³-hybridized carbons (Fsp3) is 0.957. The van der Waals surface area contributed by atoms with Crippen LogP contribution < -0.4 is 0 Å². The monoisotopic (exact) mass is 400 g/mol. The van der Waals surface area contributed by atoms with E-state index >= 15 is 0 Å². The van der Waals surface area contributed by atoms with E-state index in [1.54, 1.807) is 0 Å². The van der Waals surface area contributed by atoms with E-state index in [9.17, 15) is 4.79 Å². The molecule has 27 heavy (non-hydrogen) atoms. The molecule has 0 aliphatic rings. The summed E-state index contributed by atoms with van der Waals surface area (Å²) < 4.78 is 10.7.